The summed E-state index contributed by atoms with van der Waals surface area (Å²) < 4.78 is 63.1. The highest BCUT2D eigenvalue weighted by Gasteiger charge is 2.29. The van der Waals surface area contributed by atoms with Crippen molar-refractivity contribution in [2.24, 2.45) is 5.92 Å². The zero-order valence-electron chi connectivity index (χ0n) is 19.2. The Labute approximate surface area is 198 Å². The predicted octanol–water partition coefficient (Wildman–Crippen LogP) is 4.13. The van der Waals surface area contributed by atoms with Gasteiger partial charge in [-0.3, -0.25) is 4.79 Å². The SMILES string of the molecule is COc1ccc(C(=O)NCCc2ccc(OC(F)F)cc2)cc1S(=O)(=O)NC1CCCCC1C. The number of amides is 1. The number of carbonyl (C=O) groups excluding carboxylic acids is 1. The topological polar surface area (TPSA) is 93.7 Å². The molecule has 1 amide bonds. The first-order chi connectivity index (χ1) is 16.2. The lowest BCUT2D eigenvalue weighted by molar-refractivity contribution is -0.0498. The van der Waals surface area contributed by atoms with Crippen molar-refractivity contribution < 1.29 is 31.5 Å². The summed E-state index contributed by atoms with van der Waals surface area (Å²) in [7, 11) is -2.50. The zero-order valence-corrected chi connectivity index (χ0v) is 20.0. The van der Waals surface area contributed by atoms with Gasteiger partial charge in [0.2, 0.25) is 10.0 Å². The maximum absolute atomic E-state index is 13.1. The Kier molecular flexibility index (Phi) is 8.84. The summed E-state index contributed by atoms with van der Waals surface area (Å²) in [6.07, 6.45) is 4.26. The summed E-state index contributed by atoms with van der Waals surface area (Å²) in [5.41, 5.74) is 1.02. The van der Waals surface area contributed by atoms with Crippen LogP contribution in [0.1, 0.15) is 48.5 Å². The maximum Gasteiger partial charge on any atom is 0.387 e. The van der Waals surface area contributed by atoms with E-state index < -0.39 is 22.5 Å². The lowest BCUT2D eigenvalue weighted by atomic mass is 9.87. The number of nitrogens with one attached hydrogen (secondary N) is 2. The van der Waals surface area contributed by atoms with E-state index in [2.05, 4.69) is 14.8 Å². The van der Waals surface area contributed by atoms with Gasteiger partial charge in [-0.25, -0.2) is 13.1 Å². The zero-order chi connectivity index (χ0) is 24.7. The molecule has 0 heterocycles. The minimum Gasteiger partial charge on any atom is -0.495 e. The van der Waals surface area contributed by atoms with E-state index in [1.807, 2.05) is 6.92 Å². The summed E-state index contributed by atoms with van der Waals surface area (Å²) >= 11 is 0. The standard InChI is InChI=1S/C24H30F2N2O5S/c1-16-5-3-4-6-20(16)28-34(30,31)22-15-18(9-12-21(22)32-2)23(29)27-14-13-17-7-10-19(11-8-17)33-24(25)26/h7-12,15-16,20,24,28H,3-6,13-14H2,1-2H3,(H,27,29). The van der Waals surface area contributed by atoms with Crippen LogP contribution in [-0.2, 0) is 16.4 Å². The molecule has 34 heavy (non-hydrogen) atoms. The van der Waals surface area contributed by atoms with Crippen molar-refractivity contribution in [3.63, 3.8) is 0 Å². The number of alkyl halides is 2. The molecule has 2 unspecified atom stereocenters. The molecule has 0 radical (unpaired) electrons. The summed E-state index contributed by atoms with van der Waals surface area (Å²) in [5.74, 6) is 0.0319. The van der Waals surface area contributed by atoms with Crippen molar-refractivity contribution in [3.05, 3.63) is 53.6 Å². The maximum atomic E-state index is 13.1. The molecular formula is C24H30F2N2O5S. The molecular weight excluding hydrogens is 466 g/mol. The van der Waals surface area contributed by atoms with Gasteiger partial charge in [-0.1, -0.05) is 31.9 Å². The fourth-order valence-corrected chi connectivity index (χ4v) is 5.62. The molecule has 0 bridgehead atoms. The van der Waals surface area contributed by atoms with E-state index in [0.717, 1.165) is 31.2 Å². The molecule has 0 aromatic heterocycles. The van der Waals surface area contributed by atoms with Gasteiger partial charge in [0.25, 0.3) is 5.91 Å². The van der Waals surface area contributed by atoms with Gasteiger partial charge in [-0.05, 0) is 61.1 Å². The van der Waals surface area contributed by atoms with Crippen LogP contribution in [0.4, 0.5) is 8.78 Å². The van der Waals surface area contributed by atoms with Crippen molar-refractivity contribution >= 4 is 15.9 Å². The highest BCUT2D eigenvalue weighted by Crippen LogP contribution is 2.29. The van der Waals surface area contributed by atoms with Crippen LogP contribution in [0.5, 0.6) is 11.5 Å². The van der Waals surface area contributed by atoms with Crippen LogP contribution in [0.15, 0.2) is 47.4 Å². The Morgan fingerprint density at radius 2 is 1.82 bits per heavy atom. The van der Waals surface area contributed by atoms with Crippen LogP contribution in [0, 0.1) is 5.92 Å². The molecule has 186 valence electrons. The molecule has 1 fully saturated rings. The van der Waals surface area contributed by atoms with Crippen molar-refractivity contribution in [1.82, 2.24) is 10.0 Å². The first kappa shape index (κ1) is 25.9. The number of ether oxygens (including phenoxy) is 2. The monoisotopic (exact) mass is 496 g/mol. The summed E-state index contributed by atoms with van der Waals surface area (Å²) in [6.45, 7) is -0.572. The van der Waals surface area contributed by atoms with E-state index in [9.17, 15) is 22.0 Å². The molecule has 1 saturated carbocycles. The van der Waals surface area contributed by atoms with Crippen LogP contribution < -0.4 is 19.5 Å². The van der Waals surface area contributed by atoms with E-state index in [0.29, 0.717) is 6.42 Å². The van der Waals surface area contributed by atoms with Gasteiger partial charge < -0.3 is 14.8 Å². The third kappa shape index (κ3) is 6.89. The number of halogens is 2. The molecule has 2 aromatic rings. The molecule has 0 saturated heterocycles. The minimum atomic E-state index is -3.89. The number of rotatable bonds is 10. The number of hydrogen-bond donors (Lipinski definition) is 2. The Balaban J connectivity index is 1.65. The fourth-order valence-electron chi connectivity index (χ4n) is 4.04. The molecule has 0 aliphatic heterocycles. The summed E-state index contributed by atoms with van der Waals surface area (Å²) in [4.78, 5) is 12.6. The Bertz CT molecular complexity index is 1080. The second-order valence-electron chi connectivity index (χ2n) is 8.38. The molecule has 3 rings (SSSR count). The molecule has 7 nitrogen and oxygen atoms in total. The highest BCUT2D eigenvalue weighted by atomic mass is 32.2. The van der Waals surface area contributed by atoms with Gasteiger partial charge in [0.05, 0.1) is 7.11 Å². The smallest absolute Gasteiger partial charge is 0.387 e. The van der Waals surface area contributed by atoms with E-state index in [4.69, 9.17) is 4.74 Å². The quantitative estimate of drug-likeness (QED) is 0.516. The van der Waals surface area contributed by atoms with Crippen LogP contribution in [0.2, 0.25) is 0 Å². The Hall–Kier alpha value is -2.72. The van der Waals surface area contributed by atoms with Gasteiger partial charge in [-0.2, -0.15) is 8.78 Å². The molecule has 0 spiro atoms. The van der Waals surface area contributed by atoms with Crippen LogP contribution in [-0.4, -0.2) is 40.6 Å². The van der Waals surface area contributed by atoms with Gasteiger partial charge in [-0.15, -0.1) is 0 Å². The number of methoxy groups -OCH3 is 1. The number of carbonyl (C=O) groups is 1. The molecule has 10 heteroatoms. The molecule has 2 N–H and O–H groups in total. The lowest BCUT2D eigenvalue weighted by Crippen LogP contribution is -2.41. The third-order valence-electron chi connectivity index (χ3n) is 5.98. The van der Waals surface area contributed by atoms with Gasteiger partial charge >= 0.3 is 6.61 Å². The first-order valence-corrected chi connectivity index (χ1v) is 12.7. The predicted molar refractivity (Wildman–Crippen MR) is 124 cm³/mol. The average molecular weight is 497 g/mol. The third-order valence-corrected chi connectivity index (χ3v) is 7.49. The largest absolute Gasteiger partial charge is 0.495 e. The molecule has 2 aromatic carbocycles. The normalized spacial score (nSPS) is 18.5. The molecule has 1 aliphatic carbocycles. The summed E-state index contributed by atoms with van der Waals surface area (Å²) in [5, 5.41) is 2.75. The first-order valence-electron chi connectivity index (χ1n) is 11.2. The fraction of sp³-hybridized carbons (Fsp3) is 0.458. The number of sulfonamides is 1. The van der Waals surface area contributed by atoms with E-state index in [-0.39, 0.29) is 40.5 Å². The van der Waals surface area contributed by atoms with Crippen LogP contribution >= 0.6 is 0 Å². The van der Waals surface area contributed by atoms with Crippen LogP contribution in [0.3, 0.4) is 0 Å². The average Bonchev–Trinajstić information content (AvgIpc) is 2.80. The lowest BCUT2D eigenvalue weighted by Gasteiger charge is -2.29. The second kappa shape index (κ2) is 11.6. The number of benzene rings is 2. The molecule has 1 aliphatic rings. The van der Waals surface area contributed by atoms with Gasteiger partial charge in [0.1, 0.15) is 16.4 Å². The van der Waals surface area contributed by atoms with E-state index in [1.165, 1.54) is 37.4 Å². The highest BCUT2D eigenvalue weighted by molar-refractivity contribution is 7.89. The van der Waals surface area contributed by atoms with Crippen molar-refractivity contribution in [2.75, 3.05) is 13.7 Å². The summed E-state index contributed by atoms with van der Waals surface area (Å²) in [6, 6.07) is 10.3. The van der Waals surface area contributed by atoms with Crippen molar-refractivity contribution in [1.29, 1.82) is 0 Å². The van der Waals surface area contributed by atoms with Gasteiger partial charge in [0.15, 0.2) is 0 Å². The minimum absolute atomic E-state index is 0.0611. The Morgan fingerprint density at radius 3 is 2.47 bits per heavy atom. The van der Waals surface area contributed by atoms with Gasteiger partial charge in [0, 0.05) is 18.2 Å². The van der Waals surface area contributed by atoms with Crippen LogP contribution in [0.25, 0.3) is 0 Å². The van der Waals surface area contributed by atoms with E-state index in [1.54, 1.807) is 12.1 Å². The Morgan fingerprint density at radius 1 is 1.12 bits per heavy atom. The number of hydrogen-bond acceptors (Lipinski definition) is 5. The van der Waals surface area contributed by atoms with Crippen molar-refractivity contribution in [3.8, 4) is 11.5 Å². The molecule has 2 atom stereocenters. The van der Waals surface area contributed by atoms with Crippen molar-refractivity contribution in [2.45, 2.75) is 56.6 Å². The van der Waals surface area contributed by atoms with E-state index >= 15 is 0 Å². The second-order valence-corrected chi connectivity index (χ2v) is 10.1.